The first-order valence-electron chi connectivity index (χ1n) is 8.94. The van der Waals surface area contributed by atoms with Gasteiger partial charge in [-0.15, -0.1) is 0 Å². The van der Waals surface area contributed by atoms with Crippen molar-refractivity contribution in [2.24, 2.45) is 0 Å². The number of likely N-dealkylation sites (N-methyl/N-ethyl adjacent to an activating group) is 2. The van der Waals surface area contributed by atoms with Gasteiger partial charge in [-0.3, -0.25) is 9.59 Å². The van der Waals surface area contributed by atoms with E-state index in [9.17, 15) is 14.0 Å². The molecule has 0 bridgehead atoms. The van der Waals surface area contributed by atoms with Crippen LogP contribution in [0.1, 0.15) is 18.1 Å². The highest BCUT2D eigenvalue weighted by molar-refractivity contribution is 5.91. The topological polar surface area (TPSA) is 53.9 Å². The molecule has 2 atom stereocenters. The van der Waals surface area contributed by atoms with E-state index in [-0.39, 0.29) is 24.2 Å². The van der Waals surface area contributed by atoms with Gasteiger partial charge in [0.1, 0.15) is 5.82 Å². The molecule has 27 heavy (non-hydrogen) atoms. The molecule has 0 spiro atoms. The van der Waals surface area contributed by atoms with Gasteiger partial charge in [0.05, 0.1) is 7.05 Å². The van der Waals surface area contributed by atoms with Crippen molar-refractivity contribution in [1.29, 1.82) is 0 Å². The molecule has 0 radical (unpaired) electrons. The molecule has 0 fully saturated rings. The Morgan fingerprint density at radius 1 is 1.19 bits per heavy atom. The Hall–Kier alpha value is -2.73. The third-order valence-electron chi connectivity index (χ3n) is 4.57. The number of carbonyl (C=O) groups excluding carboxylic acids is 2. The number of aryl methyl sites for hydroxylation is 1. The lowest BCUT2D eigenvalue weighted by atomic mass is 10.2. The molecule has 2 aromatic carbocycles. The molecule has 2 N–H and O–H groups in total. The zero-order valence-corrected chi connectivity index (χ0v) is 16.3. The standard InChI is InChI=1S/C21H26FN3O2/c1-15-8-10-19(11-9-15)23-20(26)14-24(3)16(2)21(27)25(4)13-17-6-5-7-18(22)12-17/h5-12,16H,13-14H2,1-4H3,(H,23,26)/p+1/t16-/m0/s1. The third kappa shape index (κ3) is 6.18. The Bertz CT molecular complexity index is 792. The van der Waals surface area contributed by atoms with Gasteiger partial charge < -0.3 is 15.1 Å². The van der Waals surface area contributed by atoms with E-state index in [0.29, 0.717) is 6.54 Å². The summed E-state index contributed by atoms with van der Waals surface area (Å²) in [6.45, 7) is 4.27. The molecule has 0 aliphatic rings. The van der Waals surface area contributed by atoms with Gasteiger partial charge in [0, 0.05) is 19.3 Å². The lowest BCUT2D eigenvalue weighted by molar-refractivity contribution is -0.886. The van der Waals surface area contributed by atoms with Gasteiger partial charge in [-0.25, -0.2) is 4.39 Å². The summed E-state index contributed by atoms with van der Waals surface area (Å²) in [4.78, 5) is 27.2. The monoisotopic (exact) mass is 372 g/mol. The number of nitrogens with zero attached hydrogens (tertiary/aromatic N) is 1. The molecular weight excluding hydrogens is 345 g/mol. The number of benzene rings is 2. The zero-order chi connectivity index (χ0) is 20.0. The van der Waals surface area contributed by atoms with Gasteiger partial charge in [-0.05, 0) is 43.7 Å². The summed E-state index contributed by atoms with van der Waals surface area (Å²) in [6, 6.07) is 13.4. The lowest BCUT2D eigenvalue weighted by Crippen LogP contribution is -3.15. The fourth-order valence-electron chi connectivity index (χ4n) is 2.78. The van der Waals surface area contributed by atoms with Crippen LogP contribution in [0.15, 0.2) is 48.5 Å². The molecule has 0 saturated carbocycles. The van der Waals surface area contributed by atoms with Crippen molar-refractivity contribution >= 4 is 17.5 Å². The molecule has 0 heterocycles. The molecule has 1 unspecified atom stereocenters. The summed E-state index contributed by atoms with van der Waals surface area (Å²) in [5.74, 6) is -0.569. The normalized spacial score (nSPS) is 12.9. The largest absolute Gasteiger partial charge is 0.336 e. The maximum absolute atomic E-state index is 13.3. The number of hydrogen-bond acceptors (Lipinski definition) is 2. The molecule has 0 aliphatic heterocycles. The number of nitrogens with one attached hydrogen (secondary N) is 2. The maximum Gasteiger partial charge on any atom is 0.280 e. The van der Waals surface area contributed by atoms with Crippen LogP contribution >= 0.6 is 0 Å². The van der Waals surface area contributed by atoms with Crippen molar-refractivity contribution in [3.05, 3.63) is 65.5 Å². The van der Waals surface area contributed by atoms with E-state index in [1.54, 1.807) is 31.0 Å². The van der Waals surface area contributed by atoms with Crippen LogP contribution in [0.2, 0.25) is 0 Å². The second-order valence-electron chi connectivity index (χ2n) is 6.98. The summed E-state index contributed by atoms with van der Waals surface area (Å²) < 4.78 is 13.3. The average molecular weight is 372 g/mol. The fraction of sp³-hybridized carbons (Fsp3) is 0.333. The van der Waals surface area contributed by atoms with Gasteiger partial charge in [0.25, 0.3) is 11.8 Å². The van der Waals surface area contributed by atoms with E-state index in [2.05, 4.69) is 5.32 Å². The fourth-order valence-corrected chi connectivity index (χ4v) is 2.78. The van der Waals surface area contributed by atoms with Crippen LogP contribution in [0.25, 0.3) is 0 Å². The number of carbonyl (C=O) groups is 2. The highest BCUT2D eigenvalue weighted by atomic mass is 19.1. The molecule has 5 nitrogen and oxygen atoms in total. The van der Waals surface area contributed by atoms with Crippen molar-refractivity contribution < 1.29 is 18.9 Å². The van der Waals surface area contributed by atoms with E-state index in [1.165, 1.54) is 12.1 Å². The van der Waals surface area contributed by atoms with E-state index >= 15 is 0 Å². The molecule has 0 aromatic heterocycles. The number of hydrogen-bond donors (Lipinski definition) is 2. The molecular formula is C21H27FN3O2+. The minimum Gasteiger partial charge on any atom is -0.336 e. The lowest BCUT2D eigenvalue weighted by Gasteiger charge is -2.25. The van der Waals surface area contributed by atoms with Gasteiger partial charge in [-0.1, -0.05) is 29.8 Å². The smallest absolute Gasteiger partial charge is 0.280 e. The number of rotatable bonds is 7. The highest BCUT2D eigenvalue weighted by Gasteiger charge is 2.26. The average Bonchev–Trinajstić information content (AvgIpc) is 2.62. The Labute approximate surface area is 159 Å². The van der Waals surface area contributed by atoms with Gasteiger partial charge in [-0.2, -0.15) is 0 Å². The molecule has 0 aliphatic carbocycles. The predicted octanol–water partition coefficient (Wildman–Crippen LogP) is 1.63. The maximum atomic E-state index is 13.3. The van der Waals surface area contributed by atoms with E-state index in [0.717, 1.165) is 21.7 Å². The van der Waals surface area contributed by atoms with Crippen LogP contribution < -0.4 is 10.2 Å². The van der Waals surface area contributed by atoms with Crippen LogP contribution in [0.4, 0.5) is 10.1 Å². The summed E-state index contributed by atoms with van der Waals surface area (Å²) in [5.41, 5.74) is 2.59. The summed E-state index contributed by atoms with van der Waals surface area (Å²) in [6.07, 6.45) is 0. The van der Waals surface area contributed by atoms with Crippen molar-refractivity contribution in [2.45, 2.75) is 26.4 Å². The van der Waals surface area contributed by atoms with Crippen molar-refractivity contribution in [3.8, 4) is 0 Å². The quantitative estimate of drug-likeness (QED) is 0.776. The Morgan fingerprint density at radius 2 is 1.85 bits per heavy atom. The van der Waals surface area contributed by atoms with Crippen LogP contribution in [0.5, 0.6) is 0 Å². The molecule has 2 aromatic rings. The molecule has 144 valence electrons. The SMILES string of the molecule is Cc1ccc(NC(=O)C[NH+](C)[C@@H](C)C(=O)N(C)Cc2cccc(F)c2)cc1. The van der Waals surface area contributed by atoms with Crippen LogP contribution in [-0.2, 0) is 16.1 Å². The summed E-state index contributed by atoms with van der Waals surface area (Å²) in [5, 5.41) is 2.84. The van der Waals surface area contributed by atoms with Crippen molar-refractivity contribution in [2.75, 3.05) is 26.0 Å². The first-order valence-corrected chi connectivity index (χ1v) is 8.94. The summed E-state index contributed by atoms with van der Waals surface area (Å²) >= 11 is 0. The van der Waals surface area contributed by atoms with Gasteiger partial charge >= 0.3 is 0 Å². The summed E-state index contributed by atoms with van der Waals surface area (Å²) in [7, 11) is 3.50. The Morgan fingerprint density at radius 3 is 2.48 bits per heavy atom. The predicted molar refractivity (Wildman–Crippen MR) is 104 cm³/mol. The second-order valence-corrected chi connectivity index (χ2v) is 6.98. The molecule has 2 amide bonds. The van der Waals surface area contributed by atoms with E-state index in [4.69, 9.17) is 0 Å². The zero-order valence-electron chi connectivity index (χ0n) is 16.3. The number of anilines is 1. The van der Waals surface area contributed by atoms with Crippen LogP contribution in [0.3, 0.4) is 0 Å². The highest BCUT2D eigenvalue weighted by Crippen LogP contribution is 2.08. The van der Waals surface area contributed by atoms with Crippen LogP contribution in [-0.4, -0.2) is 43.4 Å². The molecule has 2 rings (SSSR count). The third-order valence-corrected chi connectivity index (χ3v) is 4.57. The number of halogens is 1. The Kier molecular flexibility index (Phi) is 7.07. The minimum absolute atomic E-state index is 0.0973. The second kappa shape index (κ2) is 9.28. The van der Waals surface area contributed by atoms with Gasteiger partial charge in [0.2, 0.25) is 0 Å². The Balaban J connectivity index is 1.88. The van der Waals surface area contributed by atoms with Crippen molar-refractivity contribution in [1.82, 2.24) is 4.90 Å². The van der Waals surface area contributed by atoms with E-state index in [1.807, 2.05) is 38.2 Å². The van der Waals surface area contributed by atoms with Crippen molar-refractivity contribution in [3.63, 3.8) is 0 Å². The molecule has 0 saturated heterocycles. The van der Waals surface area contributed by atoms with Crippen LogP contribution in [0, 0.1) is 12.7 Å². The number of amides is 2. The molecule has 6 heteroatoms. The minimum atomic E-state index is -0.396. The van der Waals surface area contributed by atoms with Gasteiger partial charge in [0.15, 0.2) is 12.6 Å². The first kappa shape index (κ1) is 20.6. The first-order chi connectivity index (χ1) is 12.8. The van der Waals surface area contributed by atoms with E-state index < -0.39 is 6.04 Å². The number of quaternary nitrogens is 1.